The maximum Gasteiger partial charge on any atom is 0.249 e. The molecule has 1 aromatic rings. The first kappa shape index (κ1) is 13.7. The summed E-state index contributed by atoms with van der Waals surface area (Å²) in [6.07, 6.45) is 2.16. The van der Waals surface area contributed by atoms with Gasteiger partial charge in [-0.25, -0.2) is 0 Å². The zero-order valence-corrected chi connectivity index (χ0v) is 10.4. The van der Waals surface area contributed by atoms with Crippen LogP contribution in [0.5, 0.6) is 0 Å². The van der Waals surface area contributed by atoms with Crippen LogP contribution in [-0.4, -0.2) is 18.4 Å². The number of nitrogens with one attached hydrogen (secondary N) is 1. The number of carbonyl (C=O) groups is 2. The predicted octanol–water partition coefficient (Wildman–Crippen LogP) is 0.592. The molecule has 0 unspecified atom stereocenters. The van der Waals surface area contributed by atoms with E-state index in [1.807, 2.05) is 0 Å². The molecule has 6 heteroatoms. The van der Waals surface area contributed by atoms with Gasteiger partial charge in [-0.2, -0.15) is 0 Å². The number of amides is 2. The summed E-state index contributed by atoms with van der Waals surface area (Å²) >= 11 is 1.51. The molecule has 5 N–H and O–H groups in total. The number of hydrogen-bond acceptors (Lipinski definition) is 4. The fraction of sp³-hybridized carbons (Fsp3) is 0.455. The van der Waals surface area contributed by atoms with Crippen molar-refractivity contribution in [2.45, 2.75) is 25.8 Å². The van der Waals surface area contributed by atoms with E-state index in [1.165, 1.54) is 11.3 Å². The normalized spacial score (nSPS) is 10.4. The highest BCUT2D eigenvalue weighted by atomic mass is 32.1. The molecule has 2 amide bonds. The first-order valence-electron chi connectivity index (χ1n) is 5.46. The van der Waals surface area contributed by atoms with Gasteiger partial charge < -0.3 is 16.8 Å². The molecule has 1 aromatic heterocycles. The van der Waals surface area contributed by atoms with Crippen molar-refractivity contribution >= 4 is 23.2 Å². The van der Waals surface area contributed by atoms with Crippen LogP contribution in [0.3, 0.4) is 0 Å². The highest BCUT2D eigenvalue weighted by Gasteiger charge is 2.03. The standard InChI is InChI=1S/C11H17N3O2S/c12-10(15)3-1-2-4-14-6-9-5-8(7-17-9)11(13)16/h5,7,14H,1-4,6H2,(H2,12,15)(H2,13,16). The monoisotopic (exact) mass is 255 g/mol. The van der Waals surface area contributed by atoms with Crippen molar-refractivity contribution in [1.29, 1.82) is 0 Å². The van der Waals surface area contributed by atoms with Crippen molar-refractivity contribution < 1.29 is 9.59 Å². The van der Waals surface area contributed by atoms with Gasteiger partial charge in [-0.1, -0.05) is 0 Å². The fourth-order valence-corrected chi connectivity index (χ4v) is 2.21. The van der Waals surface area contributed by atoms with Gasteiger partial charge in [0.1, 0.15) is 0 Å². The van der Waals surface area contributed by atoms with Gasteiger partial charge in [0, 0.05) is 23.2 Å². The third kappa shape index (κ3) is 5.46. The van der Waals surface area contributed by atoms with Crippen molar-refractivity contribution in [3.05, 3.63) is 21.9 Å². The molecule has 1 heterocycles. The molecule has 17 heavy (non-hydrogen) atoms. The van der Waals surface area contributed by atoms with Gasteiger partial charge in [-0.3, -0.25) is 9.59 Å². The SMILES string of the molecule is NC(=O)CCCCNCc1cc(C(N)=O)cs1. The van der Waals surface area contributed by atoms with E-state index in [4.69, 9.17) is 11.5 Å². The van der Waals surface area contributed by atoms with E-state index in [0.29, 0.717) is 18.5 Å². The average Bonchev–Trinajstić information content (AvgIpc) is 2.71. The Morgan fingerprint density at radius 1 is 1.29 bits per heavy atom. The summed E-state index contributed by atoms with van der Waals surface area (Å²) in [6.45, 7) is 1.55. The summed E-state index contributed by atoms with van der Waals surface area (Å²) in [6, 6.07) is 1.80. The van der Waals surface area contributed by atoms with E-state index >= 15 is 0 Å². The molecule has 0 bridgehead atoms. The lowest BCUT2D eigenvalue weighted by Crippen LogP contribution is -2.15. The predicted molar refractivity (Wildman–Crippen MR) is 67.6 cm³/mol. The average molecular weight is 255 g/mol. The molecular formula is C11H17N3O2S. The number of thiophene rings is 1. The molecule has 0 spiro atoms. The topological polar surface area (TPSA) is 98.2 Å². The summed E-state index contributed by atoms with van der Waals surface area (Å²) in [5.41, 5.74) is 10.7. The van der Waals surface area contributed by atoms with Crippen LogP contribution in [0.4, 0.5) is 0 Å². The lowest BCUT2D eigenvalue weighted by Gasteiger charge is -2.01. The molecule has 1 rings (SSSR count). The summed E-state index contributed by atoms with van der Waals surface area (Å²) in [4.78, 5) is 22.4. The fourth-order valence-electron chi connectivity index (χ4n) is 1.36. The van der Waals surface area contributed by atoms with Crippen LogP contribution < -0.4 is 16.8 Å². The maximum atomic E-state index is 10.9. The van der Waals surface area contributed by atoms with Crippen molar-refractivity contribution in [3.8, 4) is 0 Å². The van der Waals surface area contributed by atoms with E-state index in [0.717, 1.165) is 24.3 Å². The molecule has 0 aliphatic carbocycles. The van der Waals surface area contributed by atoms with Gasteiger partial charge in [0.05, 0.1) is 5.56 Å². The molecule has 0 aliphatic heterocycles. The Morgan fingerprint density at radius 3 is 2.65 bits per heavy atom. The van der Waals surface area contributed by atoms with Crippen LogP contribution in [0.25, 0.3) is 0 Å². The molecule has 0 atom stereocenters. The van der Waals surface area contributed by atoms with Gasteiger partial charge in [-0.05, 0) is 25.5 Å². The van der Waals surface area contributed by atoms with E-state index in [-0.39, 0.29) is 5.91 Å². The van der Waals surface area contributed by atoms with Crippen molar-refractivity contribution in [1.82, 2.24) is 5.32 Å². The third-order valence-electron chi connectivity index (χ3n) is 2.26. The summed E-state index contributed by atoms with van der Waals surface area (Å²) < 4.78 is 0. The van der Waals surface area contributed by atoms with Crippen LogP contribution in [0.2, 0.25) is 0 Å². The van der Waals surface area contributed by atoms with Crippen molar-refractivity contribution in [3.63, 3.8) is 0 Å². The second-order valence-electron chi connectivity index (χ2n) is 3.77. The van der Waals surface area contributed by atoms with Gasteiger partial charge >= 0.3 is 0 Å². The Kier molecular flexibility index (Phi) is 5.65. The summed E-state index contributed by atoms with van der Waals surface area (Å²) in [5.74, 6) is -0.650. The van der Waals surface area contributed by atoms with Gasteiger partial charge in [-0.15, -0.1) is 11.3 Å². The van der Waals surface area contributed by atoms with E-state index in [1.54, 1.807) is 11.4 Å². The Hall–Kier alpha value is -1.40. The molecule has 5 nitrogen and oxygen atoms in total. The molecular weight excluding hydrogens is 238 g/mol. The number of hydrogen-bond donors (Lipinski definition) is 3. The molecule has 0 radical (unpaired) electrons. The second-order valence-corrected chi connectivity index (χ2v) is 4.76. The zero-order valence-electron chi connectivity index (χ0n) is 9.57. The van der Waals surface area contributed by atoms with E-state index in [9.17, 15) is 9.59 Å². The van der Waals surface area contributed by atoms with Crippen LogP contribution in [0.15, 0.2) is 11.4 Å². The number of carbonyl (C=O) groups excluding carboxylic acids is 2. The van der Waals surface area contributed by atoms with E-state index in [2.05, 4.69) is 5.32 Å². The highest BCUT2D eigenvalue weighted by molar-refractivity contribution is 7.10. The van der Waals surface area contributed by atoms with Gasteiger partial charge in [0.25, 0.3) is 0 Å². The van der Waals surface area contributed by atoms with Crippen LogP contribution in [-0.2, 0) is 11.3 Å². The third-order valence-corrected chi connectivity index (χ3v) is 3.20. The second kappa shape index (κ2) is 7.03. The molecule has 0 saturated carbocycles. The first-order chi connectivity index (χ1) is 8.09. The lowest BCUT2D eigenvalue weighted by molar-refractivity contribution is -0.118. The Labute approximate surface area is 104 Å². The quantitative estimate of drug-likeness (QED) is 0.593. The first-order valence-corrected chi connectivity index (χ1v) is 6.34. The van der Waals surface area contributed by atoms with Crippen LogP contribution >= 0.6 is 11.3 Å². The number of unbranched alkanes of at least 4 members (excludes halogenated alkanes) is 1. The molecule has 94 valence electrons. The van der Waals surface area contributed by atoms with Crippen LogP contribution in [0.1, 0.15) is 34.5 Å². The zero-order chi connectivity index (χ0) is 12.7. The maximum absolute atomic E-state index is 10.9. The van der Waals surface area contributed by atoms with Gasteiger partial charge in [0.15, 0.2) is 0 Å². The minimum Gasteiger partial charge on any atom is -0.370 e. The largest absolute Gasteiger partial charge is 0.370 e. The number of primary amides is 2. The van der Waals surface area contributed by atoms with Crippen molar-refractivity contribution in [2.24, 2.45) is 11.5 Å². The summed E-state index contributed by atoms with van der Waals surface area (Å²) in [5, 5.41) is 4.99. The molecule has 0 saturated heterocycles. The molecule has 0 fully saturated rings. The molecule has 0 aromatic carbocycles. The minimum absolute atomic E-state index is 0.255. The minimum atomic E-state index is -0.394. The Balaban J connectivity index is 2.13. The Bertz CT molecular complexity index is 390. The summed E-state index contributed by atoms with van der Waals surface area (Å²) in [7, 11) is 0. The van der Waals surface area contributed by atoms with Crippen LogP contribution in [0, 0.1) is 0 Å². The van der Waals surface area contributed by atoms with Gasteiger partial charge in [0.2, 0.25) is 11.8 Å². The number of nitrogens with two attached hydrogens (primary N) is 2. The molecule has 0 aliphatic rings. The lowest BCUT2D eigenvalue weighted by atomic mass is 10.2. The van der Waals surface area contributed by atoms with Crippen molar-refractivity contribution in [2.75, 3.05) is 6.54 Å². The van der Waals surface area contributed by atoms with E-state index < -0.39 is 5.91 Å². The Morgan fingerprint density at radius 2 is 2.06 bits per heavy atom. The highest BCUT2D eigenvalue weighted by Crippen LogP contribution is 2.13. The number of rotatable bonds is 8. The smallest absolute Gasteiger partial charge is 0.249 e.